The maximum absolute atomic E-state index is 12.9. The number of carbonyl (C=O) groups is 2. The van der Waals surface area contributed by atoms with E-state index in [1.807, 2.05) is 0 Å². The lowest BCUT2D eigenvalue weighted by atomic mass is 10.3. The van der Waals surface area contributed by atoms with Gasteiger partial charge in [0.2, 0.25) is 0 Å². The molecule has 0 radical (unpaired) electrons. The van der Waals surface area contributed by atoms with Crippen molar-refractivity contribution in [3.05, 3.63) is 58.0 Å². The highest BCUT2D eigenvalue weighted by molar-refractivity contribution is 7.09. The van der Waals surface area contributed by atoms with Crippen LogP contribution in [0.3, 0.4) is 0 Å². The van der Waals surface area contributed by atoms with Crippen LogP contribution >= 0.6 is 11.3 Å². The molecule has 0 spiro atoms. The summed E-state index contributed by atoms with van der Waals surface area (Å²) in [6, 6.07) is 7.21. The third kappa shape index (κ3) is 6.11. The number of esters is 1. The lowest BCUT2D eigenvalue weighted by molar-refractivity contribution is -0.152. The number of thiazole rings is 1. The average molecular weight is 419 g/mol. The molecular weight excluding hydrogens is 401 g/mol. The van der Waals surface area contributed by atoms with Gasteiger partial charge in [0.15, 0.2) is 11.9 Å². The number of nitrogens with zero attached hydrogens (tertiary/aromatic N) is 2. The van der Waals surface area contributed by atoms with Crippen LogP contribution in [0.1, 0.15) is 23.4 Å². The van der Waals surface area contributed by atoms with E-state index in [4.69, 9.17) is 14.0 Å². The van der Waals surface area contributed by atoms with Gasteiger partial charge in [-0.1, -0.05) is 5.16 Å². The minimum absolute atomic E-state index is 0.0757. The summed E-state index contributed by atoms with van der Waals surface area (Å²) in [6.07, 6.45) is -1.08. The second kappa shape index (κ2) is 9.28. The molecule has 8 nitrogen and oxygen atoms in total. The molecule has 0 saturated heterocycles. The minimum Gasteiger partial charge on any atom is -0.486 e. The first kappa shape index (κ1) is 20.5. The van der Waals surface area contributed by atoms with Crippen LogP contribution in [0.4, 0.5) is 10.2 Å². The van der Waals surface area contributed by atoms with Crippen molar-refractivity contribution in [3.8, 4) is 5.75 Å². The third-order valence-electron chi connectivity index (χ3n) is 3.66. The number of anilines is 1. The molecule has 0 aliphatic heterocycles. The minimum atomic E-state index is -1.00. The van der Waals surface area contributed by atoms with Gasteiger partial charge in [0, 0.05) is 11.4 Å². The molecule has 0 bridgehead atoms. The number of halogens is 1. The number of aryl methyl sites for hydroxylation is 1. The van der Waals surface area contributed by atoms with Gasteiger partial charge in [0.05, 0.1) is 12.1 Å². The zero-order valence-electron chi connectivity index (χ0n) is 15.7. The molecule has 2 heterocycles. The van der Waals surface area contributed by atoms with Gasteiger partial charge in [-0.3, -0.25) is 9.59 Å². The van der Waals surface area contributed by atoms with E-state index in [1.54, 1.807) is 18.4 Å². The number of hydrogen-bond donors (Lipinski definition) is 1. The van der Waals surface area contributed by atoms with Crippen molar-refractivity contribution in [2.75, 3.05) is 5.32 Å². The van der Waals surface area contributed by atoms with Crippen LogP contribution in [0.15, 0.2) is 40.2 Å². The van der Waals surface area contributed by atoms with Crippen molar-refractivity contribution < 1.29 is 28.0 Å². The van der Waals surface area contributed by atoms with Crippen LogP contribution in [-0.4, -0.2) is 28.1 Å². The van der Waals surface area contributed by atoms with E-state index in [0.29, 0.717) is 22.2 Å². The van der Waals surface area contributed by atoms with E-state index in [0.717, 1.165) is 0 Å². The van der Waals surface area contributed by atoms with Crippen LogP contribution < -0.4 is 10.1 Å². The molecule has 3 rings (SSSR count). The van der Waals surface area contributed by atoms with Crippen molar-refractivity contribution in [1.82, 2.24) is 10.1 Å². The predicted octanol–water partition coefficient (Wildman–Crippen LogP) is 3.27. The zero-order valence-corrected chi connectivity index (χ0v) is 16.5. The fraction of sp³-hybridized carbons (Fsp3) is 0.263. The van der Waals surface area contributed by atoms with Crippen molar-refractivity contribution in [3.63, 3.8) is 0 Å². The van der Waals surface area contributed by atoms with Crippen LogP contribution in [0.2, 0.25) is 0 Å². The Morgan fingerprint density at radius 2 is 2.07 bits per heavy atom. The highest BCUT2D eigenvalue weighted by Crippen LogP contribution is 2.16. The molecule has 152 valence electrons. The standard InChI is InChI=1S/C19H18FN3O5S/c1-11-7-16(23-28-11)22-19(25)12(2)27-18(24)8-14-10-29-17(21-14)9-26-15-5-3-13(20)4-6-15/h3-7,10,12H,8-9H2,1-2H3,(H,22,23,25). The molecule has 3 aromatic rings. The first-order chi connectivity index (χ1) is 13.9. The molecule has 0 aliphatic rings. The van der Waals surface area contributed by atoms with Gasteiger partial charge in [0.25, 0.3) is 5.91 Å². The smallest absolute Gasteiger partial charge is 0.312 e. The number of rotatable bonds is 8. The van der Waals surface area contributed by atoms with E-state index >= 15 is 0 Å². The van der Waals surface area contributed by atoms with Crippen LogP contribution in [0.25, 0.3) is 0 Å². The summed E-state index contributed by atoms with van der Waals surface area (Å²) >= 11 is 1.33. The van der Waals surface area contributed by atoms with Gasteiger partial charge < -0.3 is 19.3 Å². The molecule has 1 unspecified atom stereocenters. The van der Waals surface area contributed by atoms with Crippen LogP contribution in [0.5, 0.6) is 5.75 Å². The highest BCUT2D eigenvalue weighted by Gasteiger charge is 2.20. The molecule has 1 amide bonds. The zero-order chi connectivity index (χ0) is 20.8. The summed E-state index contributed by atoms with van der Waals surface area (Å²) in [5.74, 6) is -0.122. The molecule has 2 aromatic heterocycles. The van der Waals surface area contributed by atoms with Crippen molar-refractivity contribution in [2.24, 2.45) is 0 Å². The number of benzene rings is 1. The summed E-state index contributed by atoms with van der Waals surface area (Å²) in [4.78, 5) is 28.4. The SMILES string of the molecule is Cc1cc(NC(=O)C(C)OC(=O)Cc2csc(COc3ccc(F)cc3)n2)no1. The van der Waals surface area contributed by atoms with Crippen molar-refractivity contribution in [1.29, 1.82) is 0 Å². The number of ether oxygens (including phenoxy) is 2. The molecule has 10 heteroatoms. The predicted molar refractivity (Wildman–Crippen MR) is 102 cm³/mol. The van der Waals surface area contributed by atoms with E-state index in [-0.39, 0.29) is 24.7 Å². The van der Waals surface area contributed by atoms with Crippen molar-refractivity contribution >= 4 is 29.0 Å². The van der Waals surface area contributed by atoms with E-state index < -0.39 is 18.0 Å². The lowest BCUT2D eigenvalue weighted by Gasteiger charge is -2.11. The lowest BCUT2D eigenvalue weighted by Crippen LogP contribution is -2.30. The van der Waals surface area contributed by atoms with E-state index in [9.17, 15) is 14.0 Å². The Labute approximate surface area is 169 Å². The molecule has 1 aromatic carbocycles. The first-order valence-electron chi connectivity index (χ1n) is 8.64. The Hall–Kier alpha value is -3.27. The summed E-state index contributed by atoms with van der Waals surface area (Å²) in [7, 11) is 0. The molecule has 0 saturated carbocycles. The Morgan fingerprint density at radius 1 is 1.31 bits per heavy atom. The molecule has 0 aliphatic carbocycles. The Morgan fingerprint density at radius 3 is 2.76 bits per heavy atom. The monoisotopic (exact) mass is 419 g/mol. The summed E-state index contributed by atoms with van der Waals surface area (Å²) in [6.45, 7) is 3.35. The van der Waals surface area contributed by atoms with Gasteiger partial charge in [-0.25, -0.2) is 9.37 Å². The average Bonchev–Trinajstić information content (AvgIpc) is 3.29. The third-order valence-corrected chi connectivity index (χ3v) is 4.53. The van der Waals surface area contributed by atoms with Crippen LogP contribution in [-0.2, 0) is 27.4 Å². The first-order valence-corrected chi connectivity index (χ1v) is 9.52. The topological polar surface area (TPSA) is 104 Å². The Balaban J connectivity index is 1.45. The normalized spacial score (nSPS) is 11.7. The number of nitrogens with one attached hydrogen (secondary N) is 1. The number of hydrogen-bond acceptors (Lipinski definition) is 8. The van der Waals surface area contributed by atoms with Gasteiger partial charge in [-0.2, -0.15) is 0 Å². The van der Waals surface area contributed by atoms with Crippen LogP contribution in [0, 0.1) is 12.7 Å². The number of amides is 1. The highest BCUT2D eigenvalue weighted by atomic mass is 32.1. The fourth-order valence-electron chi connectivity index (χ4n) is 2.27. The summed E-state index contributed by atoms with van der Waals surface area (Å²) < 4.78 is 28.4. The molecular formula is C19H18FN3O5S. The van der Waals surface area contributed by atoms with Gasteiger partial charge in [-0.05, 0) is 38.1 Å². The van der Waals surface area contributed by atoms with Crippen molar-refractivity contribution in [2.45, 2.75) is 33.0 Å². The molecule has 1 atom stereocenters. The van der Waals surface area contributed by atoms with E-state index in [2.05, 4.69) is 15.5 Å². The molecule has 29 heavy (non-hydrogen) atoms. The maximum Gasteiger partial charge on any atom is 0.312 e. The Kier molecular flexibility index (Phi) is 6.55. The fourth-order valence-corrected chi connectivity index (χ4v) is 2.97. The largest absolute Gasteiger partial charge is 0.486 e. The Bertz CT molecular complexity index is 986. The summed E-state index contributed by atoms with van der Waals surface area (Å²) in [5, 5.41) is 8.51. The molecule has 1 N–H and O–H groups in total. The number of aromatic nitrogens is 2. The van der Waals surface area contributed by atoms with Gasteiger partial charge in [0.1, 0.15) is 28.9 Å². The van der Waals surface area contributed by atoms with E-state index in [1.165, 1.54) is 42.5 Å². The quantitative estimate of drug-likeness (QED) is 0.559. The molecule has 0 fully saturated rings. The summed E-state index contributed by atoms with van der Waals surface area (Å²) in [5.41, 5.74) is 0.512. The second-order valence-corrected chi connectivity index (χ2v) is 7.04. The second-order valence-electron chi connectivity index (χ2n) is 6.10. The maximum atomic E-state index is 12.9. The van der Waals surface area contributed by atoms with Gasteiger partial charge >= 0.3 is 5.97 Å². The van der Waals surface area contributed by atoms with Gasteiger partial charge in [-0.15, -0.1) is 11.3 Å². The number of carbonyl (C=O) groups excluding carboxylic acids is 2.